The summed E-state index contributed by atoms with van der Waals surface area (Å²) in [6, 6.07) is 0. The zero-order valence-electron chi connectivity index (χ0n) is 14.7. The lowest BCUT2D eigenvalue weighted by molar-refractivity contribution is -0.138. The quantitative estimate of drug-likeness (QED) is 0.572. The van der Waals surface area contributed by atoms with Crippen molar-refractivity contribution in [3.05, 3.63) is 11.1 Å². The predicted octanol–water partition coefficient (Wildman–Crippen LogP) is 0.969. The van der Waals surface area contributed by atoms with Gasteiger partial charge in [-0.25, -0.2) is 9.59 Å². The van der Waals surface area contributed by atoms with Gasteiger partial charge in [0.05, 0.1) is 24.0 Å². The van der Waals surface area contributed by atoms with Crippen LogP contribution < -0.4 is 0 Å². The van der Waals surface area contributed by atoms with Crippen LogP contribution in [0.15, 0.2) is 11.1 Å². The Morgan fingerprint density at radius 3 is 1.04 bits per heavy atom. The van der Waals surface area contributed by atoms with Gasteiger partial charge in [-0.3, -0.25) is 9.59 Å². The van der Waals surface area contributed by atoms with E-state index in [2.05, 4.69) is 0 Å². The lowest BCUT2D eigenvalue weighted by Gasteiger charge is -2.21. The summed E-state index contributed by atoms with van der Waals surface area (Å²) in [6.07, 6.45) is -1.10. The van der Waals surface area contributed by atoms with Crippen molar-refractivity contribution < 1.29 is 29.4 Å². The SMILES string of the molecule is CCN(CC)C(=O)C/C(C(=O)O)=C(/CC(=O)N(CC)CC)C(=O)O. The van der Waals surface area contributed by atoms with Crippen LogP contribution in [0, 0.1) is 0 Å². The first-order valence-electron chi connectivity index (χ1n) is 7.97. The largest absolute Gasteiger partial charge is 0.478 e. The second-order valence-electron chi connectivity index (χ2n) is 5.05. The van der Waals surface area contributed by atoms with E-state index < -0.39 is 47.7 Å². The minimum Gasteiger partial charge on any atom is -0.478 e. The van der Waals surface area contributed by atoms with E-state index in [-0.39, 0.29) is 0 Å². The van der Waals surface area contributed by atoms with E-state index in [1.807, 2.05) is 0 Å². The Morgan fingerprint density at radius 2 is 0.875 bits per heavy atom. The number of carboxylic acid groups (broad SMARTS) is 2. The number of carboxylic acids is 2. The highest BCUT2D eigenvalue weighted by Gasteiger charge is 2.27. The number of hydrogen-bond donors (Lipinski definition) is 2. The first-order valence-corrected chi connectivity index (χ1v) is 7.97. The molecule has 8 heteroatoms. The smallest absolute Gasteiger partial charge is 0.332 e. The van der Waals surface area contributed by atoms with E-state index in [4.69, 9.17) is 0 Å². The second-order valence-corrected chi connectivity index (χ2v) is 5.05. The molecule has 0 radical (unpaired) electrons. The van der Waals surface area contributed by atoms with Gasteiger partial charge in [-0.05, 0) is 27.7 Å². The fourth-order valence-electron chi connectivity index (χ4n) is 2.30. The third-order valence-electron chi connectivity index (χ3n) is 3.77. The number of nitrogens with zero attached hydrogens (tertiary/aromatic N) is 2. The topological polar surface area (TPSA) is 115 Å². The van der Waals surface area contributed by atoms with Gasteiger partial charge in [-0.1, -0.05) is 0 Å². The summed E-state index contributed by atoms with van der Waals surface area (Å²) in [5, 5.41) is 18.6. The Morgan fingerprint density at radius 1 is 0.625 bits per heavy atom. The lowest BCUT2D eigenvalue weighted by atomic mass is 10.0. The molecule has 0 aliphatic heterocycles. The van der Waals surface area contributed by atoms with Crippen molar-refractivity contribution in [3.8, 4) is 0 Å². The summed E-state index contributed by atoms with van der Waals surface area (Å²) in [6.45, 7) is 8.54. The second kappa shape index (κ2) is 10.4. The number of amides is 2. The molecule has 2 N–H and O–H groups in total. The number of carbonyl (C=O) groups excluding carboxylic acids is 2. The molecule has 0 spiro atoms. The molecule has 0 atom stereocenters. The molecule has 0 saturated carbocycles. The maximum atomic E-state index is 12.1. The summed E-state index contributed by atoms with van der Waals surface area (Å²) in [5.41, 5.74) is -1.08. The van der Waals surface area contributed by atoms with Crippen molar-refractivity contribution in [2.45, 2.75) is 40.5 Å². The molecule has 24 heavy (non-hydrogen) atoms. The molecular weight excluding hydrogens is 316 g/mol. The Kier molecular flexibility index (Phi) is 9.37. The third kappa shape index (κ3) is 6.02. The lowest BCUT2D eigenvalue weighted by Crippen LogP contribution is -2.33. The third-order valence-corrected chi connectivity index (χ3v) is 3.77. The number of aliphatic carboxylic acids is 2. The van der Waals surface area contributed by atoms with Gasteiger partial charge in [0.1, 0.15) is 0 Å². The molecule has 0 aliphatic carbocycles. The molecule has 0 heterocycles. The van der Waals surface area contributed by atoms with Gasteiger partial charge in [0.2, 0.25) is 11.8 Å². The van der Waals surface area contributed by atoms with Crippen molar-refractivity contribution in [3.63, 3.8) is 0 Å². The average molecular weight is 342 g/mol. The molecule has 8 nitrogen and oxygen atoms in total. The predicted molar refractivity (Wildman–Crippen MR) is 87.4 cm³/mol. The van der Waals surface area contributed by atoms with Crippen LogP contribution in [0.3, 0.4) is 0 Å². The molecule has 136 valence electrons. The van der Waals surface area contributed by atoms with E-state index >= 15 is 0 Å². The monoisotopic (exact) mass is 342 g/mol. The minimum absolute atomic E-state index is 0.392. The molecule has 0 unspecified atom stereocenters. The molecule has 0 aliphatic rings. The Labute approximate surface area is 141 Å². The molecule has 0 saturated heterocycles. The zero-order chi connectivity index (χ0) is 18.9. The molecule has 0 aromatic heterocycles. The number of hydrogen-bond acceptors (Lipinski definition) is 4. The van der Waals surface area contributed by atoms with Crippen LogP contribution in [0.4, 0.5) is 0 Å². The maximum absolute atomic E-state index is 12.1. The summed E-state index contributed by atoms with van der Waals surface area (Å²) >= 11 is 0. The molecule has 0 aromatic rings. The van der Waals surface area contributed by atoms with E-state index in [1.54, 1.807) is 27.7 Å². The van der Waals surface area contributed by atoms with Gasteiger partial charge in [-0.15, -0.1) is 0 Å². The van der Waals surface area contributed by atoms with Crippen LogP contribution >= 0.6 is 0 Å². The average Bonchev–Trinajstić information content (AvgIpc) is 2.52. The van der Waals surface area contributed by atoms with Gasteiger partial charge in [0.15, 0.2) is 0 Å². The molecule has 2 amide bonds. The maximum Gasteiger partial charge on any atom is 0.332 e. The zero-order valence-corrected chi connectivity index (χ0v) is 14.7. The minimum atomic E-state index is -1.50. The van der Waals surface area contributed by atoms with E-state index in [0.29, 0.717) is 26.2 Å². The van der Waals surface area contributed by atoms with Crippen LogP contribution in [0.1, 0.15) is 40.5 Å². The van der Waals surface area contributed by atoms with Crippen molar-refractivity contribution in [1.29, 1.82) is 0 Å². The van der Waals surface area contributed by atoms with E-state index in [9.17, 15) is 29.4 Å². The van der Waals surface area contributed by atoms with Crippen LogP contribution in [0.2, 0.25) is 0 Å². The van der Waals surface area contributed by atoms with Gasteiger partial charge < -0.3 is 20.0 Å². The van der Waals surface area contributed by atoms with Crippen molar-refractivity contribution in [1.82, 2.24) is 9.80 Å². The van der Waals surface area contributed by atoms with Crippen LogP contribution in [0.25, 0.3) is 0 Å². The standard InChI is InChI=1S/C16H26N2O6/c1-5-17(6-2)13(19)9-11(15(21)22)12(16(23)24)10-14(20)18(7-3)8-4/h5-10H2,1-4H3,(H,21,22)(H,23,24)/b12-11+. The highest BCUT2D eigenvalue weighted by molar-refractivity contribution is 6.04. The Balaban J connectivity index is 5.67. The molecule has 0 rings (SSSR count). The highest BCUT2D eigenvalue weighted by atomic mass is 16.4. The van der Waals surface area contributed by atoms with E-state index in [1.165, 1.54) is 9.80 Å². The molecular formula is C16H26N2O6. The molecule has 0 bridgehead atoms. The first-order chi connectivity index (χ1) is 11.2. The fourth-order valence-corrected chi connectivity index (χ4v) is 2.30. The van der Waals surface area contributed by atoms with Crippen molar-refractivity contribution in [2.75, 3.05) is 26.2 Å². The van der Waals surface area contributed by atoms with Gasteiger partial charge >= 0.3 is 11.9 Å². The summed E-state index contributed by atoms with van der Waals surface area (Å²) in [4.78, 5) is 50.0. The summed E-state index contributed by atoms with van der Waals surface area (Å²) in [5.74, 6) is -3.96. The van der Waals surface area contributed by atoms with Gasteiger partial charge in [-0.2, -0.15) is 0 Å². The van der Waals surface area contributed by atoms with Crippen molar-refractivity contribution in [2.24, 2.45) is 0 Å². The summed E-state index contributed by atoms with van der Waals surface area (Å²) in [7, 11) is 0. The highest BCUT2D eigenvalue weighted by Crippen LogP contribution is 2.17. The molecule has 0 fully saturated rings. The van der Waals surface area contributed by atoms with Gasteiger partial charge in [0, 0.05) is 26.2 Å². The molecule has 0 aromatic carbocycles. The Bertz CT molecular complexity index is 473. The number of carbonyl (C=O) groups is 4. The van der Waals surface area contributed by atoms with E-state index in [0.717, 1.165) is 0 Å². The fraction of sp³-hybridized carbons (Fsp3) is 0.625. The summed E-state index contributed by atoms with van der Waals surface area (Å²) < 4.78 is 0. The Hall–Kier alpha value is -2.38. The van der Waals surface area contributed by atoms with Crippen LogP contribution in [-0.2, 0) is 19.2 Å². The number of rotatable bonds is 10. The van der Waals surface area contributed by atoms with Crippen LogP contribution in [0.5, 0.6) is 0 Å². The van der Waals surface area contributed by atoms with Crippen molar-refractivity contribution >= 4 is 23.8 Å². The van der Waals surface area contributed by atoms with Crippen LogP contribution in [-0.4, -0.2) is 69.9 Å². The first kappa shape index (κ1) is 21.6. The normalized spacial score (nSPS) is 11.5. The van der Waals surface area contributed by atoms with Gasteiger partial charge in [0.25, 0.3) is 0 Å².